The third kappa shape index (κ3) is 4.69. The molecule has 1 aliphatic rings. The van der Waals surface area contributed by atoms with Crippen LogP contribution in [0.3, 0.4) is 0 Å². The Balaban J connectivity index is 1.86. The van der Waals surface area contributed by atoms with Crippen LogP contribution in [-0.4, -0.2) is 31.3 Å². The molecule has 0 amide bonds. The van der Waals surface area contributed by atoms with Gasteiger partial charge >= 0.3 is 0 Å². The van der Waals surface area contributed by atoms with Gasteiger partial charge in [-0.2, -0.15) is 4.31 Å². The highest BCUT2D eigenvalue weighted by molar-refractivity contribution is 7.88. The third-order valence-electron chi connectivity index (χ3n) is 5.06. The second kappa shape index (κ2) is 8.70. The molecule has 3 rings (SSSR count). The highest BCUT2D eigenvalue weighted by atomic mass is 32.2. The van der Waals surface area contributed by atoms with Gasteiger partial charge in [0.2, 0.25) is 10.0 Å². The van der Waals surface area contributed by atoms with Crippen molar-refractivity contribution in [2.24, 2.45) is 0 Å². The number of rotatable bonds is 6. The molecule has 2 aromatic rings. The molecule has 0 aliphatic carbocycles. The molecule has 7 nitrogen and oxygen atoms in total. The van der Waals surface area contributed by atoms with Crippen LogP contribution in [0.4, 0.5) is 5.69 Å². The molecule has 1 fully saturated rings. The van der Waals surface area contributed by atoms with Crippen molar-refractivity contribution < 1.29 is 18.1 Å². The fourth-order valence-electron chi connectivity index (χ4n) is 3.58. The summed E-state index contributed by atoms with van der Waals surface area (Å²) >= 11 is 0. The molecular formula is C20H24N2O5S. The zero-order valence-corrected chi connectivity index (χ0v) is 16.6. The first-order valence-corrected chi connectivity index (χ1v) is 10.9. The summed E-state index contributed by atoms with van der Waals surface area (Å²) in [5.74, 6) is 0.565. The smallest absolute Gasteiger partial charge is 0.269 e. The van der Waals surface area contributed by atoms with Gasteiger partial charge < -0.3 is 4.74 Å². The van der Waals surface area contributed by atoms with E-state index in [9.17, 15) is 18.5 Å². The van der Waals surface area contributed by atoms with Gasteiger partial charge in [-0.1, -0.05) is 37.1 Å². The van der Waals surface area contributed by atoms with Crippen LogP contribution in [-0.2, 0) is 15.8 Å². The number of hydrogen-bond acceptors (Lipinski definition) is 5. The highest BCUT2D eigenvalue weighted by Gasteiger charge is 2.32. The quantitative estimate of drug-likeness (QED) is 0.535. The van der Waals surface area contributed by atoms with E-state index in [2.05, 4.69) is 0 Å². The Hall–Kier alpha value is -2.45. The summed E-state index contributed by atoms with van der Waals surface area (Å²) in [7, 11) is -1.97. The van der Waals surface area contributed by atoms with Crippen LogP contribution >= 0.6 is 0 Å². The monoisotopic (exact) mass is 404 g/mol. The number of nitro groups is 1. The Morgan fingerprint density at radius 1 is 1.07 bits per heavy atom. The maximum atomic E-state index is 13.2. The Labute approximate surface area is 165 Å². The van der Waals surface area contributed by atoms with Crippen LogP contribution in [0.1, 0.15) is 42.9 Å². The van der Waals surface area contributed by atoms with E-state index in [-0.39, 0.29) is 17.5 Å². The predicted octanol–water partition coefficient (Wildman–Crippen LogP) is 4.05. The summed E-state index contributed by atoms with van der Waals surface area (Å²) in [6.45, 7) is 0.478. The molecule has 0 bridgehead atoms. The minimum Gasteiger partial charge on any atom is -0.497 e. The molecule has 1 atom stereocenters. The van der Waals surface area contributed by atoms with E-state index in [1.165, 1.54) is 24.3 Å². The Morgan fingerprint density at radius 3 is 2.36 bits per heavy atom. The first-order valence-electron chi connectivity index (χ1n) is 9.27. The maximum absolute atomic E-state index is 13.2. The van der Waals surface area contributed by atoms with Crippen molar-refractivity contribution in [1.29, 1.82) is 0 Å². The van der Waals surface area contributed by atoms with Gasteiger partial charge in [-0.3, -0.25) is 10.1 Å². The zero-order chi connectivity index (χ0) is 20.1. The lowest BCUT2D eigenvalue weighted by Crippen LogP contribution is -2.35. The van der Waals surface area contributed by atoms with Gasteiger partial charge in [0.25, 0.3) is 5.69 Å². The molecule has 0 spiro atoms. The minimum atomic E-state index is -3.57. The van der Waals surface area contributed by atoms with Crippen molar-refractivity contribution in [3.63, 3.8) is 0 Å². The van der Waals surface area contributed by atoms with Gasteiger partial charge in [0, 0.05) is 24.7 Å². The Bertz CT molecular complexity index is 911. The van der Waals surface area contributed by atoms with E-state index < -0.39 is 14.9 Å². The van der Waals surface area contributed by atoms with Gasteiger partial charge in [0.1, 0.15) is 5.75 Å². The average molecular weight is 404 g/mol. The van der Waals surface area contributed by atoms with Gasteiger partial charge in [0.15, 0.2) is 0 Å². The molecule has 1 saturated heterocycles. The summed E-state index contributed by atoms with van der Waals surface area (Å²) in [5, 5.41) is 10.8. The van der Waals surface area contributed by atoms with Crippen LogP contribution in [0.2, 0.25) is 0 Å². The molecule has 0 radical (unpaired) electrons. The SMILES string of the molecule is COc1ccc(C2CCCCCN2S(=O)(=O)Cc2ccc([N+](=O)[O-])cc2)cc1. The molecule has 0 saturated carbocycles. The van der Waals surface area contributed by atoms with E-state index >= 15 is 0 Å². The van der Waals surface area contributed by atoms with Crippen LogP contribution in [0.25, 0.3) is 0 Å². The summed E-state index contributed by atoms with van der Waals surface area (Å²) in [5.41, 5.74) is 1.45. The predicted molar refractivity (Wildman–Crippen MR) is 107 cm³/mol. The third-order valence-corrected chi connectivity index (χ3v) is 6.91. The zero-order valence-electron chi connectivity index (χ0n) is 15.8. The fourth-order valence-corrected chi connectivity index (χ4v) is 5.38. The fraction of sp³-hybridized carbons (Fsp3) is 0.400. The van der Waals surface area contributed by atoms with Crippen LogP contribution < -0.4 is 4.74 Å². The Morgan fingerprint density at radius 2 is 1.75 bits per heavy atom. The van der Waals surface area contributed by atoms with Crippen molar-refractivity contribution in [2.75, 3.05) is 13.7 Å². The molecular weight excluding hydrogens is 380 g/mol. The summed E-state index contributed by atoms with van der Waals surface area (Å²) in [6.07, 6.45) is 3.56. The average Bonchev–Trinajstić information content (AvgIpc) is 2.95. The number of hydrogen-bond donors (Lipinski definition) is 0. The molecule has 150 valence electrons. The number of sulfonamides is 1. The summed E-state index contributed by atoms with van der Waals surface area (Å²) in [6, 6.07) is 13.0. The van der Waals surface area contributed by atoms with Gasteiger partial charge in [0.05, 0.1) is 17.8 Å². The molecule has 28 heavy (non-hydrogen) atoms. The van der Waals surface area contributed by atoms with Crippen molar-refractivity contribution in [1.82, 2.24) is 4.31 Å². The summed E-state index contributed by atoms with van der Waals surface area (Å²) in [4.78, 5) is 10.3. The van der Waals surface area contributed by atoms with E-state index in [0.29, 0.717) is 12.1 Å². The van der Waals surface area contributed by atoms with Crippen molar-refractivity contribution in [3.8, 4) is 5.75 Å². The van der Waals surface area contributed by atoms with E-state index in [1.54, 1.807) is 11.4 Å². The topological polar surface area (TPSA) is 89.8 Å². The van der Waals surface area contributed by atoms with Crippen molar-refractivity contribution in [3.05, 3.63) is 69.8 Å². The number of nitro benzene ring substituents is 1. The van der Waals surface area contributed by atoms with Gasteiger partial charge in [-0.25, -0.2) is 8.42 Å². The van der Waals surface area contributed by atoms with Crippen LogP contribution in [0, 0.1) is 10.1 Å². The number of benzene rings is 2. The number of nitrogens with zero attached hydrogens (tertiary/aromatic N) is 2. The first-order chi connectivity index (χ1) is 13.4. The lowest BCUT2D eigenvalue weighted by molar-refractivity contribution is -0.384. The largest absolute Gasteiger partial charge is 0.497 e. The second-order valence-corrected chi connectivity index (χ2v) is 8.85. The van der Waals surface area contributed by atoms with Crippen LogP contribution in [0.5, 0.6) is 5.75 Å². The molecule has 1 unspecified atom stereocenters. The second-order valence-electron chi connectivity index (χ2n) is 6.93. The van der Waals surface area contributed by atoms with E-state index in [1.807, 2.05) is 24.3 Å². The Kier molecular flexibility index (Phi) is 6.31. The lowest BCUT2D eigenvalue weighted by Gasteiger charge is -2.29. The van der Waals surface area contributed by atoms with Gasteiger partial charge in [-0.05, 0) is 36.1 Å². The summed E-state index contributed by atoms with van der Waals surface area (Å²) < 4.78 is 33.2. The molecule has 0 aromatic heterocycles. The molecule has 1 heterocycles. The molecule has 0 N–H and O–H groups in total. The normalized spacial score (nSPS) is 18.4. The van der Waals surface area contributed by atoms with E-state index in [0.717, 1.165) is 37.0 Å². The molecule has 2 aromatic carbocycles. The lowest BCUT2D eigenvalue weighted by atomic mass is 10.0. The van der Waals surface area contributed by atoms with Crippen LogP contribution in [0.15, 0.2) is 48.5 Å². The number of methoxy groups -OCH3 is 1. The van der Waals surface area contributed by atoms with Crippen molar-refractivity contribution >= 4 is 15.7 Å². The van der Waals surface area contributed by atoms with Gasteiger partial charge in [-0.15, -0.1) is 0 Å². The molecule has 8 heteroatoms. The maximum Gasteiger partial charge on any atom is 0.269 e. The molecule has 1 aliphatic heterocycles. The first kappa shape index (κ1) is 20.3. The van der Waals surface area contributed by atoms with Crippen molar-refractivity contribution in [2.45, 2.75) is 37.5 Å². The highest BCUT2D eigenvalue weighted by Crippen LogP contribution is 2.34. The number of ether oxygens (including phenoxy) is 1. The minimum absolute atomic E-state index is 0.0490. The van der Waals surface area contributed by atoms with E-state index in [4.69, 9.17) is 4.74 Å². The standard InChI is InChI=1S/C20H24N2O5S/c1-27-19-12-8-17(9-13-19)20-5-3-2-4-14-21(20)28(25,26)15-16-6-10-18(11-7-16)22(23)24/h6-13,20H,2-5,14-15H2,1H3. The number of non-ortho nitro benzene ring substituents is 1.